The average molecular weight is 385 g/mol. The molecular weight excluding hydrogens is 361 g/mol. The summed E-state index contributed by atoms with van der Waals surface area (Å²) < 4.78 is 15.9. The Hall–Kier alpha value is -2.96. The summed E-state index contributed by atoms with van der Waals surface area (Å²) in [5, 5.41) is 2.64. The molecule has 148 valence electrons. The Labute approximate surface area is 163 Å². The van der Waals surface area contributed by atoms with Crippen molar-refractivity contribution in [2.24, 2.45) is 5.92 Å². The standard InChI is InChI=1S/C21H24FN3O3/c1-12(2)9-17-20(27)24(21(28)23-17)11-19(26)15-10-13(3)25(14(15)4)18-8-6-5-7-16(18)22/h5-8,10,12,17H,9,11H2,1-4H3,(H,23,28)/t17-/m1/s1. The molecule has 1 aliphatic rings. The number of halogens is 1. The van der Waals surface area contributed by atoms with Crippen molar-refractivity contribution >= 4 is 17.7 Å². The summed E-state index contributed by atoms with van der Waals surface area (Å²) in [7, 11) is 0. The van der Waals surface area contributed by atoms with Crippen LogP contribution in [-0.2, 0) is 4.79 Å². The highest BCUT2D eigenvalue weighted by Gasteiger charge is 2.39. The lowest BCUT2D eigenvalue weighted by molar-refractivity contribution is -0.127. The maximum absolute atomic E-state index is 14.2. The van der Waals surface area contributed by atoms with Crippen molar-refractivity contribution in [1.82, 2.24) is 14.8 Å². The quantitative estimate of drug-likeness (QED) is 0.612. The number of benzene rings is 1. The number of aromatic nitrogens is 1. The molecule has 3 rings (SSSR count). The second-order valence-electron chi connectivity index (χ2n) is 7.55. The average Bonchev–Trinajstić information content (AvgIpc) is 3.05. The molecule has 0 bridgehead atoms. The number of ketones is 1. The van der Waals surface area contributed by atoms with Gasteiger partial charge in [-0.15, -0.1) is 0 Å². The SMILES string of the molecule is Cc1cc(C(=O)CN2C(=O)N[C@H](CC(C)C)C2=O)c(C)n1-c1ccccc1F. The van der Waals surface area contributed by atoms with Crippen LogP contribution in [-0.4, -0.2) is 39.8 Å². The minimum absolute atomic E-state index is 0.240. The van der Waals surface area contributed by atoms with Gasteiger partial charge in [-0.3, -0.25) is 14.5 Å². The zero-order valence-electron chi connectivity index (χ0n) is 16.5. The molecule has 1 saturated heterocycles. The van der Waals surface area contributed by atoms with E-state index in [4.69, 9.17) is 0 Å². The number of urea groups is 1. The van der Waals surface area contributed by atoms with Crippen molar-refractivity contribution < 1.29 is 18.8 Å². The summed E-state index contributed by atoms with van der Waals surface area (Å²) in [5.41, 5.74) is 1.98. The number of nitrogens with one attached hydrogen (secondary N) is 1. The highest BCUT2D eigenvalue weighted by molar-refractivity contribution is 6.09. The van der Waals surface area contributed by atoms with Crippen LogP contribution < -0.4 is 5.32 Å². The predicted octanol–water partition coefficient (Wildman–Crippen LogP) is 3.38. The lowest BCUT2D eigenvalue weighted by Crippen LogP contribution is -2.36. The maximum Gasteiger partial charge on any atom is 0.325 e. The number of Topliss-reactive ketones (excluding diaryl/α,β-unsaturated/α-hetero) is 1. The Morgan fingerprint density at radius 3 is 2.54 bits per heavy atom. The van der Waals surface area contributed by atoms with Crippen LogP contribution in [0.1, 0.15) is 42.0 Å². The molecule has 1 aromatic carbocycles. The second kappa shape index (κ2) is 7.58. The fraction of sp³-hybridized carbons (Fsp3) is 0.381. The van der Waals surface area contributed by atoms with Gasteiger partial charge in [0.15, 0.2) is 5.78 Å². The minimum atomic E-state index is -0.592. The summed E-state index contributed by atoms with van der Waals surface area (Å²) in [6, 6.07) is 6.84. The number of aryl methyl sites for hydroxylation is 1. The van der Waals surface area contributed by atoms with E-state index in [1.165, 1.54) is 6.07 Å². The first-order chi connectivity index (χ1) is 13.2. The number of rotatable bonds is 6. The van der Waals surface area contributed by atoms with E-state index in [-0.39, 0.29) is 24.2 Å². The van der Waals surface area contributed by atoms with E-state index < -0.39 is 17.9 Å². The topological polar surface area (TPSA) is 71.4 Å². The lowest BCUT2D eigenvalue weighted by atomic mass is 10.0. The van der Waals surface area contributed by atoms with E-state index >= 15 is 0 Å². The van der Waals surface area contributed by atoms with Crippen LogP contribution in [0.3, 0.4) is 0 Å². The van der Waals surface area contributed by atoms with Crippen molar-refractivity contribution in [2.75, 3.05) is 6.54 Å². The molecule has 28 heavy (non-hydrogen) atoms. The first kappa shape index (κ1) is 19.8. The van der Waals surface area contributed by atoms with Crippen molar-refractivity contribution in [2.45, 2.75) is 40.2 Å². The van der Waals surface area contributed by atoms with Gasteiger partial charge in [-0.2, -0.15) is 0 Å². The van der Waals surface area contributed by atoms with Crippen LogP contribution in [0, 0.1) is 25.6 Å². The van der Waals surface area contributed by atoms with E-state index in [1.54, 1.807) is 42.7 Å². The number of para-hydroxylation sites is 1. The summed E-state index contributed by atoms with van der Waals surface area (Å²) in [4.78, 5) is 38.4. The van der Waals surface area contributed by atoms with Gasteiger partial charge in [0.1, 0.15) is 11.9 Å². The van der Waals surface area contributed by atoms with E-state index in [1.807, 2.05) is 13.8 Å². The monoisotopic (exact) mass is 385 g/mol. The molecule has 6 nitrogen and oxygen atoms in total. The van der Waals surface area contributed by atoms with Gasteiger partial charge >= 0.3 is 6.03 Å². The molecular formula is C21H24FN3O3. The Kier molecular flexibility index (Phi) is 5.36. The van der Waals surface area contributed by atoms with Gasteiger partial charge in [-0.05, 0) is 44.4 Å². The number of amides is 3. The fourth-order valence-electron chi connectivity index (χ4n) is 3.64. The highest BCUT2D eigenvalue weighted by Crippen LogP contribution is 2.24. The van der Waals surface area contributed by atoms with E-state index in [2.05, 4.69) is 5.32 Å². The number of nitrogens with zero attached hydrogens (tertiary/aromatic N) is 2. The lowest BCUT2D eigenvalue weighted by Gasteiger charge is -2.14. The molecule has 1 aliphatic heterocycles. The first-order valence-electron chi connectivity index (χ1n) is 9.29. The fourth-order valence-corrected chi connectivity index (χ4v) is 3.64. The molecule has 1 aromatic heterocycles. The largest absolute Gasteiger partial charge is 0.326 e. The third kappa shape index (κ3) is 3.56. The van der Waals surface area contributed by atoms with Gasteiger partial charge in [0, 0.05) is 17.0 Å². The Morgan fingerprint density at radius 1 is 1.21 bits per heavy atom. The Bertz CT molecular complexity index is 948. The molecule has 1 fully saturated rings. The van der Waals surface area contributed by atoms with Crippen molar-refractivity contribution in [1.29, 1.82) is 0 Å². The van der Waals surface area contributed by atoms with E-state index in [9.17, 15) is 18.8 Å². The number of imide groups is 1. The molecule has 0 aliphatic carbocycles. The zero-order chi connectivity index (χ0) is 20.6. The molecule has 2 heterocycles. The first-order valence-corrected chi connectivity index (χ1v) is 9.29. The third-order valence-electron chi connectivity index (χ3n) is 4.94. The molecule has 0 spiro atoms. The summed E-state index contributed by atoms with van der Waals surface area (Å²) in [6.07, 6.45) is 0.525. The Balaban J connectivity index is 1.85. The maximum atomic E-state index is 14.2. The summed E-state index contributed by atoms with van der Waals surface area (Å²) >= 11 is 0. The van der Waals surface area contributed by atoms with Crippen molar-refractivity contribution in [3.63, 3.8) is 0 Å². The molecule has 3 amide bonds. The van der Waals surface area contributed by atoms with Crippen molar-refractivity contribution in [3.05, 3.63) is 53.1 Å². The molecule has 0 radical (unpaired) electrons. The number of carbonyl (C=O) groups excluding carboxylic acids is 3. The molecule has 2 aromatic rings. The summed E-state index contributed by atoms with van der Waals surface area (Å²) in [6.45, 7) is 7.10. The predicted molar refractivity (Wildman–Crippen MR) is 103 cm³/mol. The van der Waals surface area contributed by atoms with E-state index in [0.717, 1.165) is 4.90 Å². The molecule has 0 saturated carbocycles. The number of hydrogen-bond donors (Lipinski definition) is 1. The normalized spacial score (nSPS) is 16.8. The zero-order valence-corrected chi connectivity index (χ0v) is 16.5. The number of hydrogen-bond acceptors (Lipinski definition) is 3. The van der Waals surface area contributed by atoms with Crippen LogP contribution >= 0.6 is 0 Å². The third-order valence-corrected chi connectivity index (χ3v) is 4.94. The molecule has 7 heteroatoms. The van der Waals surface area contributed by atoms with Gasteiger partial charge < -0.3 is 9.88 Å². The number of carbonyl (C=O) groups is 3. The van der Waals surface area contributed by atoms with Gasteiger partial charge in [-0.25, -0.2) is 9.18 Å². The van der Waals surface area contributed by atoms with Crippen LogP contribution in [0.2, 0.25) is 0 Å². The minimum Gasteiger partial charge on any atom is -0.326 e. The van der Waals surface area contributed by atoms with Gasteiger partial charge in [0.05, 0.1) is 12.2 Å². The highest BCUT2D eigenvalue weighted by atomic mass is 19.1. The smallest absolute Gasteiger partial charge is 0.325 e. The van der Waals surface area contributed by atoms with Crippen LogP contribution in [0.4, 0.5) is 9.18 Å². The van der Waals surface area contributed by atoms with Gasteiger partial charge in [-0.1, -0.05) is 26.0 Å². The molecule has 1 atom stereocenters. The van der Waals surface area contributed by atoms with Gasteiger partial charge in [0.2, 0.25) is 0 Å². The van der Waals surface area contributed by atoms with Crippen LogP contribution in [0.5, 0.6) is 0 Å². The van der Waals surface area contributed by atoms with Crippen LogP contribution in [0.25, 0.3) is 5.69 Å². The Morgan fingerprint density at radius 2 is 1.89 bits per heavy atom. The van der Waals surface area contributed by atoms with E-state index in [0.29, 0.717) is 29.1 Å². The van der Waals surface area contributed by atoms with Crippen LogP contribution in [0.15, 0.2) is 30.3 Å². The second-order valence-corrected chi connectivity index (χ2v) is 7.55. The molecule has 0 unspecified atom stereocenters. The molecule has 1 N–H and O–H groups in total. The van der Waals surface area contributed by atoms with Crippen molar-refractivity contribution in [3.8, 4) is 5.69 Å². The van der Waals surface area contributed by atoms with Gasteiger partial charge in [0.25, 0.3) is 5.91 Å². The summed E-state index contributed by atoms with van der Waals surface area (Å²) in [5.74, 6) is -0.891.